The van der Waals surface area contributed by atoms with Crippen LogP contribution >= 0.6 is 0 Å². The highest BCUT2D eigenvalue weighted by Gasteiger charge is 2.49. The van der Waals surface area contributed by atoms with Gasteiger partial charge in [-0.15, -0.1) is 0 Å². The summed E-state index contributed by atoms with van der Waals surface area (Å²) >= 11 is 0. The topological polar surface area (TPSA) is 120 Å². The Labute approximate surface area is 201 Å². The molecule has 0 fully saturated rings. The zero-order valence-corrected chi connectivity index (χ0v) is 20.5. The minimum absolute atomic E-state index is 0.0600. The molecule has 0 spiro atoms. The molecule has 8 heteroatoms. The maximum atomic E-state index is 13.1. The molecule has 0 aromatic heterocycles. The first-order chi connectivity index (χ1) is 16.0. The Morgan fingerprint density at radius 3 is 2.18 bits per heavy atom. The van der Waals surface area contributed by atoms with Crippen molar-refractivity contribution in [3.8, 4) is 5.75 Å². The van der Waals surface area contributed by atoms with Gasteiger partial charge in [0.25, 0.3) is 0 Å². The van der Waals surface area contributed by atoms with Crippen molar-refractivity contribution >= 4 is 11.9 Å². The average Bonchev–Trinajstić information content (AvgIpc) is 2.80. The number of aliphatic hydroxyl groups is 1. The molecule has 0 saturated heterocycles. The molecular weight excluding hydrogens is 436 g/mol. The molecule has 0 saturated carbocycles. The van der Waals surface area contributed by atoms with Gasteiger partial charge in [-0.2, -0.15) is 0 Å². The van der Waals surface area contributed by atoms with Crippen molar-refractivity contribution in [2.75, 3.05) is 13.7 Å². The molecule has 0 heterocycles. The molecule has 0 amide bonds. The first-order valence-corrected chi connectivity index (χ1v) is 11.3. The molecule has 2 rings (SSSR count). The summed E-state index contributed by atoms with van der Waals surface area (Å²) in [5, 5.41) is 14.3. The number of carbonyl (C=O) groups excluding carboxylic acids is 2. The highest BCUT2D eigenvalue weighted by molar-refractivity contribution is 5.83. The predicted molar refractivity (Wildman–Crippen MR) is 129 cm³/mol. The van der Waals surface area contributed by atoms with Crippen LogP contribution in [0.4, 0.5) is 0 Å². The summed E-state index contributed by atoms with van der Waals surface area (Å²) in [6, 6.07) is 16.3. The van der Waals surface area contributed by atoms with Crippen LogP contribution in [-0.2, 0) is 32.0 Å². The van der Waals surface area contributed by atoms with Gasteiger partial charge in [-0.3, -0.25) is 10.1 Å². The molecule has 4 N–H and O–H groups in total. The molecule has 8 nitrogen and oxygen atoms in total. The number of methoxy groups -OCH3 is 1. The second-order valence-corrected chi connectivity index (χ2v) is 9.07. The molecule has 0 bridgehead atoms. The normalized spacial score (nSPS) is 15.0. The monoisotopic (exact) mass is 472 g/mol. The summed E-state index contributed by atoms with van der Waals surface area (Å²) in [7, 11) is 1.57. The molecule has 2 aromatic carbocycles. The zero-order valence-electron chi connectivity index (χ0n) is 20.5. The van der Waals surface area contributed by atoms with Gasteiger partial charge in [0, 0.05) is 6.54 Å². The number of nitrogens with one attached hydrogen (secondary N) is 1. The summed E-state index contributed by atoms with van der Waals surface area (Å²) < 4.78 is 15.9. The van der Waals surface area contributed by atoms with Crippen molar-refractivity contribution < 1.29 is 28.9 Å². The zero-order chi connectivity index (χ0) is 25.4. The van der Waals surface area contributed by atoms with Gasteiger partial charge in [0.1, 0.15) is 17.5 Å². The number of esters is 2. The number of rotatable bonds is 11. The molecule has 0 aliphatic rings. The number of aliphatic hydroxyl groups excluding tert-OH is 1. The van der Waals surface area contributed by atoms with Gasteiger partial charge in [-0.25, -0.2) is 4.79 Å². The smallest absolute Gasteiger partial charge is 0.343 e. The van der Waals surface area contributed by atoms with Crippen molar-refractivity contribution in [1.82, 2.24) is 5.32 Å². The summed E-state index contributed by atoms with van der Waals surface area (Å²) in [4.78, 5) is 26.1. The molecule has 0 aliphatic heterocycles. The van der Waals surface area contributed by atoms with E-state index < -0.39 is 35.2 Å². The van der Waals surface area contributed by atoms with Gasteiger partial charge in [0.15, 0.2) is 5.66 Å². The Balaban J connectivity index is 2.37. The van der Waals surface area contributed by atoms with Crippen LogP contribution in [-0.4, -0.2) is 48.1 Å². The van der Waals surface area contributed by atoms with Crippen molar-refractivity contribution in [2.24, 2.45) is 11.7 Å². The van der Waals surface area contributed by atoms with Crippen LogP contribution in [0.2, 0.25) is 0 Å². The fourth-order valence-electron chi connectivity index (χ4n) is 3.43. The second kappa shape index (κ2) is 12.0. The highest BCUT2D eigenvalue weighted by atomic mass is 16.6. The van der Waals surface area contributed by atoms with Crippen LogP contribution in [0.5, 0.6) is 5.75 Å². The number of carbonyl (C=O) groups is 2. The SMILES string of the molecule is CCOC(=O)C(N)(NCc1ccc(OC)cc1)C(O)C(Cc1ccccc1)C(=O)OC(C)(C)C. The predicted octanol–water partition coefficient (Wildman–Crippen LogP) is 2.56. The number of ether oxygens (including phenoxy) is 3. The lowest BCUT2D eigenvalue weighted by atomic mass is 9.86. The van der Waals surface area contributed by atoms with E-state index >= 15 is 0 Å². The Hall–Kier alpha value is -2.94. The Bertz CT molecular complexity index is 927. The molecule has 3 unspecified atom stereocenters. The average molecular weight is 473 g/mol. The van der Waals surface area contributed by atoms with E-state index in [1.807, 2.05) is 30.3 Å². The minimum atomic E-state index is -2.06. The Kier molecular flexibility index (Phi) is 9.61. The molecule has 34 heavy (non-hydrogen) atoms. The first-order valence-electron chi connectivity index (χ1n) is 11.3. The molecule has 0 aliphatic carbocycles. The first kappa shape index (κ1) is 27.3. The molecular formula is C26H36N2O6. The lowest BCUT2D eigenvalue weighted by Gasteiger charge is -2.37. The van der Waals surface area contributed by atoms with Crippen LogP contribution in [0.25, 0.3) is 0 Å². The third-order valence-electron chi connectivity index (χ3n) is 5.21. The van der Waals surface area contributed by atoms with E-state index in [2.05, 4.69) is 5.32 Å². The van der Waals surface area contributed by atoms with Crippen LogP contribution in [0.15, 0.2) is 54.6 Å². The third kappa shape index (κ3) is 7.55. The largest absolute Gasteiger partial charge is 0.497 e. The van der Waals surface area contributed by atoms with Crippen molar-refractivity contribution in [1.29, 1.82) is 0 Å². The maximum absolute atomic E-state index is 13.1. The minimum Gasteiger partial charge on any atom is -0.497 e. The Morgan fingerprint density at radius 1 is 1.03 bits per heavy atom. The number of hydrogen-bond acceptors (Lipinski definition) is 8. The maximum Gasteiger partial charge on any atom is 0.343 e. The van der Waals surface area contributed by atoms with Crippen LogP contribution in [0.1, 0.15) is 38.8 Å². The molecule has 3 atom stereocenters. The summed E-state index contributed by atoms with van der Waals surface area (Å²) in [5.41, 5.74) is 5.20. The summed E-state index contributed by atoms with van der Waals surface area (Å²) in [6.07, 6.45) is -1.51. The third-order valence-corrected chi connectivity index (χ3v) is 5.21. The van der Waals surface area contributed by atoms with E-state index in [0.717, 1.165) is 11.1 Å². The van der Waals surface area contributed by atoms with Crippen LogP contribution in [0.3, 0.4) is 0 Å². The van der Waals surface area contributed by atoms with E-state index in [9.17, 15) is 14.7 Å². The molecule has 186 valence electrons. The standard InChI is InChI=1S/C26H36N2O6/c1-6-33-24(31)26(27,28-17-19-12-14-20(32-5)15-13-19)22(29)21(23(30)34-25(2,3)4)16-18-10-8-7-9-11-18/h7-15,21-22,28-29H,6,16-17,27H2,1-5H3. The lowest BCUT2D eigenvalue weighted by Crippen LogP contribution is -2.70. The van der Waals surface area contributed by atoms with Gasteiger partial charge < -0.3 is 25.1 Å². The van der Waals surface area contributed by atoms with Crippen molar-refractivity contribution in [3.63, 3.8) is 0 Å². The van der Waals surface area contributed by atoms with Gasteiger partial charge in [-0.05, 0) is 57.4 Å². The lowest BCUT2D eigenvalue weighted by molar-refractivity contribution is -0.171. The fraction of sp³-hybridized carbons (Fsp3) is 0.462. The van der Waals surface area contributed by atoms with E-state index in [-0.39, 0.29) is 19.6 Å². The van der Waals surface area contributed by atoms with Crippen LogP contribution in [0, 0.1) is 5.92 Å². The second-order valence-electron chi connectivity index (χ2n) is 9.07. The van der Waals surface area contributed by atoms with Gasteiger partial charge in [-0.1, -0.05) is 42.5 Å². The van der Waals surface area contributed by atoms with E-state index in [1.54, 1.807) is 59.1 Å². The highest BCUT2D eigenvalue weighted by Crippen LogP contribution is 2.24. The van der Waals surface area contributed by atoms with Crippen molar-refractivity contribution in [2.45, 2.75) is 58.0 Å². The molecule has 2 aromatic rings. The van der Waals surface area contributed by atoms with E-state index in [0.29, 0.717) is 5.75 Å². The van der Waals surface area contributed by atoms with E-state index in [4.69, 9.17) is 19.9 Å². The van der Waals surface area contributed by atoms with Crippen LogP contribution < -0.4 is 15.8 Å². The number of hydrogen-bond donors (Lipinski definition) is 3. The Morgan fingerprint density at radius 2 is 1.65 bits per heavy atom. The summed E-state index contributed by atoms with van der Waals surface area (Å²) in [6.45, 7) is 7.05. The fourth-order valence-corrected chi connectivity index (χ4v) is 3.43. The van der Waals surface area contributed by atoms with Gasteiger partial charge in [0.05, 0.1) is 19.6 Å². The van der Waals surface area contributed by atoms with Gasteiger partial charge in [0.2, 0.25) is 0 Å². The van der Waals surface area contributed by atoms with E-state index in [1.165, 1.54) is 0 Å². The summed E-state index contributed by atoms with van der Waals surface area (Å²) in [5.74, 6) is -1.97. The molecule has 0 radical (unpaired) electrons. The quantitative estimate of drug-likeness (QED) is 0.337. The van der Waals surface area contributed by atoms with Gasteiger partial charge >= 0.3 is 11.9 Å². The number of benzene rings is 2. The number of nitrogens with two attached hydrogens (primary N) is 1. The van der Waals surface area contributed by atoms with Crippen molar-refractivity contribution in [3.05, 3.63) is 65.7 Å².